The zero-order chi connectivity index (χ0) is 13.4. The van der Waals surface area contributed by atoms with E-state index in [9.17, 15) is 4.79 Å². The number of rotatable bonds is 3. The van der Waals surface area contributed by atoms with Crippen LogP contribution in [0.3, 0.4) is 0 Å². The molecule has 1 aliphatic carbocycles. The highest BCUT2D eigenvalue weighted by Gasteiger charge is 2.22. The molecule has 1 aliphatic rings. The van der Waals surface area contributed by atoms with Crippen LogP contribution in [0.15, 0.2) is 12.3 Å². The first-order valence-corrected chi connectivity index (χ1v) is 7.66. The maximum atomic E-state index is 11.9. The molecule has 0 aromatic carbocycles. The van der Waals surface area contributed by atoms with Gasteiger partial charge in [-0.15, -0.1) is 11.3 Å². The molecular weight excluding hydrogens is 256 g/mol. The maximum absolute atomic E-state index is 11.9. The van der Waals surface area contributed by atoms with E-state index in [1.165, 1.54) is 16.3 Å². The predicted molar refractivity (Wildman–Crippen MR) is 77.0 cm³/mol. The Kier molecular flexibility index (Phi) is 3.27. The molecule has 0 fully saturated rings. The van der Waals surface area contributed by atoms with Crippen LogP contribution in [0.2, 0.25) is 0 Å². The van der Waals surface area contributed by atoms with Crippen LogP contribution in [-0.4, -0.2) is 15.3 Å². The number of carbonyl (C=O) groups excluding carboxylic acids is 1. The quantitative estimate of drug-likeness (QED) is 0.860. The molecule has 2 heterocycles. The zero-order valence-corrected chi connectivity index (χ0v) is 12.2. The van der Waals surface area contributed by atoms with Crippen molar-refractivity contribution in [3.8, 4) is 0 Å². The first-order valence-electron chi connectivity index (χ1n) is 6.84. The van der Waals surface area contributed by atoms with Crippen LogP contribution in [0, 0.1) is 6.92 Å². The van der Waals surface area contributed by atoms with Crippen molar-refractivity contribution >= 4 is 17.1 Å². The van der Waals surface area contributed by atoms with Crippen LogP contribution in [0.5, 0.6) is 0 Å². The number of hydrogen-bond acceptors (Lipinski definition) is 3. The maximum Gasteiger partial charge on any atom is 0.164 e. The summed E-state index contributed by atoms with van der Waals surface area (Å²) in [5.41, 5.74) is 3.33. The smallest absolute Gasteiger partial charge is 0.164 e. The van der Waals surface area contributed by atoms with E-state index in [0.717, 1.165) is 36.4 Å². The van der Waals surface area contributed by atoms with Crippen molar-refractivity contribution < 1.29 is 4.79 Å². The normalized spacial score (nSPS) is 14.7. The SMILES string of the molecule is CCc1cnc(Cn2c(C)cc3c2CCCC3=O)s1. The third-order valence-corrected chi connectivity index (χ3v) is 4.90. The summed E-state index contributed by atoms with van der Waals surface area (Å²) in [5, 5.41) is 1.14. The molecular formula is C15H18N2OS. The third kappa shape index (κ3) is 2.25. The van der Waals surface area contributed by atoms with E-state index in [-0.39, 0.29) is 0 Å². The Morgan fingerprint density at radius 2 is 2.26 bits per heavy atom. The Balaban J connectivity index is 1.94. The van der Waals surface area contributed by atoms with E-state index in [2.05, 4.69) is 23.4 Å². The lowest BCUT2D eigenvalue weighted by Gasteiger charge is -2.15. The molecule has 0 N–H and O–H groups in total. The largest absolute Gasteiger partial charge is 0.341 e. The number of hydrogen-bond donors (Lipinski definition) is 0. The van der Waals surface area contributed by atoms with Crippen LogP contribution in [0.1, 0.15) is 51.4 Å². The van der Waals surface area contributed by atoms with E-state index in [4.69, 9.17) is 0 Å². The van der Waals surface area contributed by atoms with Gasteiger partial charge in [0.25, 0.3) is 0 Å². The minimum atomic E-state index is 0.302. The van der Waals surface area contributed by atoms with Crippen LogP contribution >= 0.6 is 11.3 Å². The van der Waals surface area contributed by atoms with Gasteiger partial charge in [-0.1, -0.05) is 6.92 Å². The number of carbonyl (C=O) groups is 1. The van der Waals surface area contributed by atoms with Gasteiger partial charge < -0.3 is 4.57 Å². The van der Waals surface area contributed by atoms with Crippen LogP contribution in [-0.2, 0) is 19.4 Å². The van der Waals surface area contributed by atoms with Crippen molar-refractivity contribution in [3.05, 3.63) is 39.1 Å². The summed E-state index contributed by atoms with van der Waals surface area (Å²) in [4.78, 5) is 17.7. The fourth-order valence-corrected chi connectivity index (χ4v) is 3.58. The number of aromatic nitrogens is 2. The molecule has 0 radical (unpaired) electrons. The molecule has 0 atom stereocenters. The molecule has 0 saturated heterocycles. The van der Waals surface area contributed by atoms with Crippen molar-refractivity contribution in [1.29, 1.82) is 0 Å². The summed E-state index contributed by atoms with van der Waals surface area (Å²) >= 11 is 1.77. The second-order valence-electron chi connectivity index (χ2n) is 5.08. The molecule has 3 rings (SSSR count). The van der Waals surface area contributed by atoms with Crippen molar-refractivity contribution in [2.45, 2.75) is 46.1 Å². The summed E-state index contributed by atoms with van der Waals surface area (Å²) in [7, 11) is 0. The first kappa shape index (κ1) is 12.6. The minimum Gasteiger partial charge on any atom is -0.341 e. The Labute approximate surface area is 117 Å². The average molecular weight is 274 g/mol. The highest BCUT2D eigenvalue weighted by molar-refractivity contribution is 7.11. The van der Waals surface area contributed by atoms with Gasteiger partial charge in [0.05, 0.1) is 6.54 Å². The van der Waals surface area contributed by atoms with Crippen LogP contribution < -0.4 is 0 Å². The number of nitrogens with zero attached hydrogens (tertiary/aromatic N) is 2. The van der Waals surface area contributed by atoms with Crippen molar-refractivity contribution in [2.75, 3.05) is 0 Å². The molecule has 0 bridgehead atoms. The lowest BCUT2D eigenvalue weighted by molar-refractivity contribution is 0.0972. The van der Waals surface area contributed by atoms with Crippen LogP contribution in [0.4, 0.5) is 0 Å². The predicted octanol–water partition coefficient (Wildman–Crippen LogP) is 3.38. The van der Waals surface area contributed by atoms with Crippen molar-refractivity contribution in [2.24, 2.45) is 0 Å². The van der Waals surface area contributed by atoms with Gasteiger partial charge in [-0.2, -0.15) is 0 Å². The van der Waals surface area contributed by atoms with Gasteiger partial charge in [-0.25, -0.2) is 4.98 Å². The standard InChI is InChI=1S/C15H18N2OS/c1-3-11-8-16-15(19-11)9-17-10(2)7-12-13(17)5-4-6-14(12)18/h7-8H,3-6,9H2,1-2H3. The Morgan fingerprint density at radius 3 is 3.00 bits per heavy atom. The molecule has 100 valence electrons. The summed E-state index contributed by atoms with van der Waals surface area (Å²) in [6.07, 6.45) is 5.71. The van der Waals surface area contributed by atoms with Gasteiger partial charge in [0.2, 0.25) is 0 Å². The zero-order valence-electron chi connectivity index (χ0n) is 11.4. The number of thiazole rings is 1. The van der Waals surface area contributed by atoms with E-state index in [1.54, 1.807) is 11.3 Å². The van der Waals surface area contributed by atoms with E-state index >= 15 is 0 Å². The molecule has 0 spiro atoms. The topological polar surface area (TPSA) is 34.9 Å². The van der Waals surface area contributed by atoms with E-state index in [0.29, 0.717) is 12.2 Å². The summed E-state index contributed by atoms with van der Waals surface area (Å²) in [5.74, 6) is 0.302. The highest BCUT2D eigenvalue weighted by atomic mass is 32.1. The van der Waals surface area contributed by atoms with Crippen LogP contribution in [0.25, 0.3) is 0 Å². The second-order valence-corrected chi connectivity index (χ2v) is 6.28. The second kappa shape index (κ2) is 4.93. The Morgan fingerprint density at radius 1 is 1.42 bits per heavy atom. The van der Waals surface area contributed by atoms with Gasteiger partial charge >= 0.3 is 0 Å². The molecule has 4 heteroatoms. The van der Waals surface area contributed by atoms with Gasteiger partial charge in [0, 0.05) is 34.4 Å². The molecule has 3 nitrogen and oxygen atoms in total. The Hall–Kier alpha value is -1.42. The first-order chi connectivity index (χ1) is 9.19. The van der Waals surface area contributed by atoms with Gasteiger partial charge in [0.15, 0.2) is 5.78 Å². The average Bonchev–Trinajstić information content (AvgIpc) is 2.97. The number of aryl methyl sites for hydroxylation is 2. The van der Waals surface area contributed by atoms with Gasteiger partial charge in [0.1, 0.15) is 5.01 Å². The number of fused-ring (bicyclic) bond motifs is 1. The monoisotopic (exact) mass is 274 g/mol. The van der Waals surface area contributed by atoms with E-state index in [1.807, 2.05) is 12.3 Å². The fraction of sp³-hybridized carbons (Fsp3) is 0.467. The fourth-order valence-electron chi connectivity index (χ4n) is 2.73. The molecule has 2 aromatic rings. The molecule has 19 heavy (non-hydrogen) atoms. The molecule has 0 amide bonds. The lowest BCUT2D eigenvalue weighted by atomic mass is 9.97. The highest BCUT2D eigenvalue weighted by Crippen LogP contribution is 2.26. The van der Waals surface area contributed by atoms with Crippen molar-refractivity contribution in [1.82, 2.24) is 9.55 Å². The summed E-state index contributed by atoms with van der Waals surface area (Å²) < 4.78 is 2.27. The van der Waals surface area contributed by atoms with E-state index < -0.39 is 0 Å². The lowest BCUT2D eigenvalue weighted by Crippen LogP contribution is -2.14. The molecule has 2 aromatic heterocycles. The molecule has 0 aliphatic heterocycles. The van der Waals surface area contributed by atoms with Crippen molar-refractivity contribution in [3.63, 3.8) is 0 Å². The molecule has 0 unspecified atom stereocenters. The van der Waals surface area contributed by atoms with Gasteiger partial charge in [-0.05, 0) is 32.3 Å². The Bertz CT molecular complexity index is 624. The number of ketones is 1. The summed E-state index contributed by atoms with van der Waals surface area (Å²) in [6.45, 7) is 5.04. The summed E-state index contributed by atoms with van der Waals surface area (Å²) in [6, 6.07) is 2.05. The number of Topliss-reactive ketones (excluding diaryl/α,β-unsaturated/α-hetero) is 1. The third-order valence-electron chi connectivity index (χ3n) is 3.78. The van der Waals surface area contributed by atoms with Gasteiger partial charge in [-0.3, -0.25) is 4.79 Å². The minimum absolute atomic E-state index is 0.302. The molecule has 0 saturated carbocycles.